The van der Waals surface area contributed by atoms with Crippen LogP contribution in [0.3, 0.4) is 0 Å². The zero-order chi connectivity index (χ0) is 12.6. The van der Waals surface area contributed by atoms with E-state index in [1.54, 1.807) is 6.20 Å². The Morgan fingerprint density at radius 3 is 2.33 bits per heavy atom. The quantitative estimate of drug-likeness (QED) is 0.850. The fourth-order valence-electron chi connectivity index (χ4n) is 2.53. The van der Waals surface area contributed by atoms with Gasteiger partial charge < -0.3 is 10.2 Å². The molecule has 0 spiro atoms. The van der Waals surface area contributed by atoms with Crippen molar-refractivity contribution in [2.75, 3.05) is 25.0 Å². The molecule has 1 aromatic carbocycles. The average Bonchev–Trinajstić information content (AvgIpc) is 2.67. The van der Waals surface area contributed by atoms with Crippen LogP contribution in [0, 0.1) is 0 Å². The molecule has 1 aliphatic heterocycles. The predicted molar refractivity (Wildman–Crippen MR) is 78.9 cm³/mol. The predicted octanol–water partition coefficient (Wildman–Crippen LogP) is 3.66. The summed E-state index contributed by atoms with van der Waals surface area (Å²) in [5.74, 6) is 0. The second kappa shape index (κ2) is 7.22. The molecule has 0 saturated carbocycles. The number of hydrogen-bond acceptors (Lipinski definition) is 2. The second-order valence-electron chi connectivity index (χ2n) is 5.05. The summed E-state index contributed by atoms with van der Waals surface area (Å²) in [6.07, 6.45) is 8.46. The Morgan fingerprint density at radius 1 is 1.06 bits per heavy atom. The minimum Gasteiger partial charge on any atom is -0.362 e. The third-order valence-corrected chi connectivity index (χ3v) is 3.64. The summed E-state index contributed by atoms with van der Waals surface area (Å²) in [4.78, 5) is 2.61. The summed E-state index contributed by atoms with van der Waals surface area (Å²) in [5.41, 5.74) is 2.54. The van der Waals surface area contributed by atoms with Gasteiger partial charge in [-0.3, -0.25) is 0 Å². The molecule has 1 aromatic rings. The van der Waals surface area contributed by atoms with Crippen LogP contribution in [-0.2, 0) is 6.42 Å². The SMILES string of the molecule is C=CNc1ccc(CCN2CCCCCC2)cc1. The zero-order valence-corrected chi connectivity index (χ0v) is 11.2. The van der Waals surface area contributed by atoms with Crippen molar-refractivity contribution in [2.24, 2.45) is 0 Å². The Morgan fingerprint density at radius 2 is 1.72 bits per heavy atom. The summed E-state index contributed by atoms with van der Waals surface area (Å²) in [6.45, 7) is 7.45. The molecular weight excluding hydrogens is 220 g/mol. The van der Waals surface area contributed by atoms with Crippen molar-refractivity contribution in [3.63, 3.8) is 0 Å². The molecule has 1 saturated heterocycles. The fraction of sp³-hybridized carbons (Fsp3) is 0.500. The van der Waals surface area contributed by atoms with E-state index in [1.165, 1.54) is 50.9 Å². The van der Waals surface area contributed by atoms with Gasteiger partial charge in [0.15, 0.2) is 0 Å². The third-order valence-electron chi connectivity index (χ3n) is 3.64. The summed E-state index contributed by atoms with van der Waals surface area (Å²) in [7, 11) is 0. The lowest BCUT2D eigenvalue weighted by molar-refractivity contribution is 0.289. The molecule has 0 unspecified atom stereocenters. The van der Waals surface area contributed by atoms with E-state index in [9.17, 15) is 0 Å². The first-order chi connectivity index (χ1) is 8.88. The van der Waals surface area contributed by atoms with Crippen molar-refractivity contribution in [3.05, 3.63) is 42.6 Å². The number of likely N-dealkylation sites (tertiary alicyclic amines) is 1. The van der Waals surface area contributed by atoms with Crippen molar-refractivity contribution >= 4 is 5.69 Å². The second-order valence-corrected chi connectivity index (χ2v) is 5.05. The first-order valence-corrected chi connectivity index (χ1v) is 7.07. The van der Waals surface area contributed by atoms with Crippen molar-refractivity contribution in [3.8, 4) is 0 Å². The van der Waals surface area contributed by atoms with Crippen LogP contribution in [-0.4, -0.2) is 24.5 Å². The molecule has 98 valence electrons. The highest BCUT2D eigenvalue weighted by Gasteiger charge is 2.08. The number of anilines is 1. The highest BCUT2D eigenvalue weighted by atomic mass is 15.1. The number of nitrogens with one attached hydrogen (secondary N) is 1. The van der Waals surface area contributed by atoms with E-state index in [0.29, 0.717) is 0 Å². The molecule has 1 N–H and O–H groups in total. The standard InChI is InChI=1S/C16H24N2/c1-2-17-16-9-7-15(8-10-16)11-14-18-12-5-3-4-6-13-18/h2,7-10,17H,1,3-6,11-14H2. The van der Waals surface area contributed by atoms with Crippen molar-refractivity contribution in [1.82, 2.24) is 4.90 Å². The molecule has 1 heterocycles. The molecule has 0 aliphatic carbocycles. The van der Waals surface area contributed by atoms with E-state index in [0.717, 1.165) is 12.1 Å². The van der Waals surface area contributed by atoms with Crippen molar-refractivity contribution in [1.29, 1.82) is 0 Å². The first-order valence-electron chi connectivity index (χ1n) is 7.07. The Labute approximate surface area is 111 Å². The van der Waals surface area contributed by atoms with Gasteiger partial charge in [-0.25, -0.2) is 0 Å². The molecular formula is C16H24N2. The van der Waals surface area contributed by atoms with Crippen LogP contribution in [0.2, 0.25) is 0 Å². The molecule has 0 atom stereocenters. The normalized spacial score (nSPS) is 17.1. The van der Waals surface area contributed by atoms with Gasteiger partial charge in [-0.15, -0.1) is 0 Å². The number of benzene rings is 1. The van der Waals surface area contributed by atoms with Crippen LogP contribution in [0.4, 0.5) is 5.69 Å². The van der Waals surface area contributed by atoms with Gasteiger partial charge in [-0.05, 0) is 56.2 Å². The Hall–Kier alpha value is -1.28. The monoisotopic (exact) mass is 244 g/mol. The Bertz CT molecular complexity index is 348. The van der Waals surface area contributed by atoms with Gasteiger partial charge >= 0.3 is 0 Å². The molecule has 2 heteroatoms. The van der Waals surface area contributed by atoms with E-state index < -0.39 is 0 Å². The molecule has 0 radical (unpaired) electrons. The third kappa shape index (κ3) is 4.19. The maximum Gasteiger partial charge on any atom is 0.0379 e. The summed E-state index contributed by atoms with van der Waals surface area (Å²) >= 11 is 0. The molecule has 2 nitrogen and oxygen atoms in total. The van der Waals surface area contributed by atoms with Crippen LogP contribution in [0.5, 0.6) is 0 Å². The minimum absolute atomic E-state index is 1.11. The van der Waals surface area contributed by atoms with E-state index in [4.69, 9.17) is 0 Å². The van der Waals surface area contributed by atoms with Crippen LogP contribution in [0.15, 0.2) is 37.0 Å². The molecule has 1 aliphatic rings. The number of nitrogens with zero attached hydrogens (tertiary/aromatic N) is 1. The lowest BCUT2D eigenvalue weighted by Gasteiger charge is -2.19. The number of hydrogen-bond donors (Lipinski definition) is 1. The van der Waals surface area contributed by atoms with Gasteiger partial charge in [0.25, 0.3) is 0 Å². The van der Waals surface area contributed by atoms with Crippen LogP contribution in [0.25, 0.3) is 0 Å². The van der Waals surface area contributed by atoms with Gasteiger partial charge in [0.1, 0.15) is 0 Å². The summed E-state index contributed by atoms with van der Waals surface area (Å²) in [5, 5.41) is 3.10. The number of rotatable bonds is 5. The maximum absolute atomic E-state index is 3.67. The Balaban J connectivity index is 1.79. The van der Waals surface area contributed by atoms with E-state index in [-0.39, 0.29) is 0 Å². The molecule has 2 rings (SSSR count). The summed E-state index contributed by atoms with van der Waals surface area (Å²) in [6, 6.07) is 8.67. The highest BCUT2D eigenvalue weighted by Crippen LogP contribution is 2.13. The fourth-order valence-corrected chi connectivity index (χ4v) is 2.53. The van der Waals surface area contributed by atoms with Crippen LogP contribution < -0.4 is 5.32 Å². The molecule has 0 bridgehead atoms. The average molecular weight is 244 g/mol. The first kappa shape index (κ1) is 13.2. The van der Waals surface area contributed by atoms with Gasteiger partial charge in [-0.2, -0.15) is 0 Å². The van der Waals surface area contributed by atoms with Crippen molar-refractivity contribution in [2.45, 2.75) is 32.1 Å². The summed E-state index contributed by atoms with van der Waals surface area (Å²) < 4.78 is 0. The van der Waals surface area contributed by atoms with E-state index in [2.05, 4.69) is 41.1 Å². The molecule has 0 aromatic heterocycles. The van der Waals surface area contributed by atoms with Gasteiger partial charge in [0.05, 0.1) is 0 Å². The lowest BCUT2D eigenvalue weighted by atomic mass is 10.1. The van der Waals surface area contributed by atoms with Gasteiger partial charge in [-0.1, -0.05) is 31.6 Å². The molecule has 0 amide bonds. The highest BCUT2D eigenvalue weighted by molar-refractivity contribution is 5.46. The largest absolute Gasteiger partial charge is 0.362 e. The molecule has 18 heavy (non-hydrogen) atoms. The smallest absolute Gasteiger partial charge is 0.0379 e. The zero-order valence-electron chi connectivity index (χ0n) is 11.2. The Kier molecular flexibility index (Phi) is 5.28. The van der Waals surface area contributed by atoms with E-state index in [1.807, 2.05) is 0 Å². The lowest BCUT2D eigenvalue weighted by Crippen LogP contribution is -2.26. The van der Waals surface area contributed by atoms with Crippen LogP contribution in [0.1, 0.15) is 31.2 Å². The van der Waals surface area contributed by atoms with E-state index >= 15 is 0 Å². The topological polar surface area (TPSA) is 15.3 Å². The minimum atomic E-state index is 1.11. The van der Waals surface area contributed by atoms with Crippen LogP contribution >= 0.6 is 0 Å². The molecule has 1 fully saturated rings. The van der Waals surface area contributed by atoms with Gasteiger partial charge in [0.2, 0.25) is 0 Å². The maximum atomic E-state index is 3.67. The van der Waals surface area contributed by atoms with Gasteiger partial charge in [0, 0.05) is 12.2 Å². The van der Waals surface area contributed by atoms with Crippen molar-refractivity contribution < 1.29 is 0 Å².